The van der Waals surface area contributed by atoms with Gasteiger partial charge in [0.05, 0.1) is 34.0 Å². The predicted molar refractivity (Wildman–Crippen MR) is 134 cm³/mol. The lowest BCUT2D eigenvalue weighted by Gasteiger charge is -2.36. The van der Waals surface area contributed by atoms with Crippen LogP contribution in [0.5, 0.6) is 17.2 Å². The number of morpholine rings is 1. The Bertz CT molecular complexity index is 1000. The molecule has 0 spiro atoms. The van der Waals surface area contributed by atoms with Crippen LogP contribution < -0.4 is 14.2 Å². The highest BCUT2D eigenvalue weighted by molar-refractivity contribution is 6.30. The second-order valence-electron chi connectivity index (χ2n) is 8.77. The molecule has 2 aromatic carbocycles. The van der Waals surface area contributed by atoms with Crippen molar-refractivity contribution in [2.45, 2.75) is 20.0 Å². The van der Waals surface area contributed by atoms with Gasteiger partial charge in [0.25, 0.3) is 11.8 Å². The molecule has 0 N–H and O–H groups in total. The summed E-state index contributed by atoms with van der Waals surface area (Å²) < 4.78 is 22.2. The van der Waals surface area contributed by atoms with E-state index in [2.05, 4.69) is 0 Å². The van der Waals surface area contributed by atoms with E-state index in [-0.39, 0.29) is 23.8 Å². The molecule has 1 saturated heterocycles. The van der Waals surface area contributed by atoms with E-state index in [1.165, 1.54) is 21.3 Å². The Morgan fingerprint density at radius 3 is 2.23 bits per heavy atom. The molecule has 1 heterocycles. The van der Waals surface area contributed by atoms with Gasteiger partial charge in [-0.3, -0.25) is 9.59 Å². The molecule has 0 aliphatic carbocycles. The number of rotatable bonds is 9. The van der Waals surface area contributed by atoms with Crippen molar-refractivity contribution >= 4 is 23.4 Å². The summed E-state index contributed by atoms with van der Waals surface area (Å²) in [7, 11) is 4.55. The molecular weight excluding hydrogens is 472 g/mol. The van der Waals surface area contributed by atoms with E-state index < -0.39 is 0 Å². The minimum absolute atomic E-state index is 0.0821. The zero-order valence-corrected chi connectivity index (χ0v) is 21.6. The van der Waals surface area contributed by atoms with E-state index in [1.807, 2.05) is 13.8 Å². The Labute approximate surface area is 211 Å². The van der Waals surface area contributed by atoms with Crippen molar-refractivity contribution in [3.63, 3.8) is 0 Å². The average Bonchev–Trinajstić information content (AvgIpc) is 2.86. The highest BCUT2D eigenvalue weighted by atomic mass is 35.5. The molecule has 1 atom stereocenters. The molecule has 35 heavy (non-hydrogen) atoms. The third-order valence-electron chi connectivity index (χ3n) is 5.73. The summed E-state index contributed by atoms with van der Waals surface area (Å²) in [6, 6.07) is 10.1. The average molecular weight is 505 g/mol. The van der Waals surface area contributed by atoms with E-state index in [1.54, 1.807) is 46.2 Å². The van der Waals surface area contributed by atoms with Crippen LogP contribution >= 0.6 is 11.6 Å². The molecule has 9 heteroatoms. The van der Waals surface area contributed by atoms with E-state index in [4.69, 9.17) is 30.5 Å². The molecule has 0 saturated carbocycles. The number of amides is 2. The topological polar surface area (TPSA) is 77.5 Å². The Balaban J connectivity index is 1.79. The van der Waals surface area contributed by atoms with Crippen molar-refractivity contribution in [1.82, 2.24) is 9.80 Å². The van der Waals surface area contributed by atoms with Crippen LogP contribution in [0.15, 0.2) is 36.4 Å². The maximum absolute atomic E-state index is 13.6. The van der Waals surface area contributed by atoms with Gasteiger partial charge in [-0.1, -0.05) is 25.4 Å². The summed E-state index contributed by atoms with van der Waals surface area (Å²) >= 11 is 5.95. The zero-order valence-electron chi connectivity index (χ0n) is 20.9. The minimum Gasteiger partial charge on any atom is -0.493 e. The number of halogens is 1. The number of carbonyl (C=O) groups excluding carboxylic acids is 2. The van der Waals surface area contributed by atoms with Gasteiger partial charge < -0.3 is 28.7 Å². The number of hydrogen-bond acceptors (Lipinski definition) is 6. The number of carbonyl (C=O) groups is 2. The van der Waals surface area contributed by atoms with Gasteiger partial charge >= 0.3 is 0 Å². The van der Waals surface area contributed by atoms with Crippen LogP contribution in [0.1, 0.15) is 34.6 Å². The largest absolute Gasteiger partial charge is 0.493 e. The van der Waals surface area contributed by atoms with Crippen LogP contribution in [-0.4, -0.2) is 81.8 Å². The summed E-state index contributed by atoms with van der Waals surface area (Å²) in [5, 5.41) is 0.580. The Hall–Kier alpha value is -2.97. The standard InChI is InChI=1S/C26H33ClN2O6/c1-17(2)14-29(26(31)19-12-22(32-3)24(34-5)23(13-19)33-4)16-21-15-28(10-11-35-21)25(30)18-6-8-20(27)9-7-18/h6-9,12-13,17,21H,10-11,14-16H2,1-5H3/t21-/m0/s1. The van der Waals surface area contributed by atoms with Gasteiger partial charge in [0.15, 0.2) is 11.5 Å². The lowest BCUT2D eigenvalue weighted by molar-refractivity contribution is -0.0340. The molecule has 3 rings (SSSR count). The first-order valence-corrected chi connectivity index (χ1v) is 11.9. The Morgan fingerprint density at radius 2 is 1.69 bits per heavy atom. The summed E-state index contributed by atoms with van der Waals surface area (Å²) in [6.07, 6.45) is -0.315. The fraction of sp³-hybridized carbons (Fsp3) is 0.462. The van der Waals surface area contributed by atoms with Crippen LogP contribution in [0.25, 0.3) is 0 Å². The maximum Gasteiger partial charge on any atom is 0.254 e. The normalized spacial score (nSPS) is 15.6. The fourth-order valence-electron chi connectivity index (χ4n) is 4.10. The lowest BCUT2D eigenvalue weighted by Crippen LogP contribution is -2.51. The molecule has 1 fully saturated rings. The smallest absolute Gasteiger partial charge is 0.254 e. The van der Waals surface area contributed by atoms with Crippen molar-refractivity contribution in [3.8, 4) is 17.2 Å². The lowest BCUT2D eigenvalue weighted by atomic mass is 10.1. The summed E-state index contributed by atoms with van der Waals surface area (Å²) in [4.78, 5) is 30.1. The molecule has 0 bridgehead atoms. The molecule has 8 nitrogen and oxygen atoms in total. The van der Waals surface area contributed by atoms with Gasteiger partial charge in [0.2, 0.25) is 5.75 Å². The second kappa shape index (κ2) is 12.1. The Morgan fingerprint density at radius 1 is 1.06 bits per heavy atom. The van der Waals surface area contributed by atoms with Crippen molar-refractivity contribution < 1.29 is 28.5 Å². The van der Waals surface area contributed by atoms with E-state index >= 15 is 0 Å². The van der Waals surface area contributed by atoms with Crippen LogP contribution in [0.4, 0.5) is 0 Å². The van der Waals surface area contributed by atoms with Gasteiger partial charge in [0, 0.05) is 42.3 Å². The number of ether oxygens (including phenoxy) is 4. The van der Waals surface area contributed by atoms with Gasteiger partial charge in [-0.15, -0.1) is 0 Å². The van der Waals surface area contributed by atoms with Gasteiger partial charge in [-0.05, 0) is 42.3 Å². The first kappa shape index (κ1) is 26.6. The number of benzene rings is 2. The molecule has 2 aromatic rings. The summed E-state index contributed by atoms with van der Waals surface area (Å²) in [5.41, 5.74) is 0.993. The van der Waals surface area contributed by atoms with Gasteiger partial charge in [-0.2, -0.15) is 0 Å². The SMILES string of the molecule is COc1cc(C(=O)N(CC(C)C)C[C@@H]2CN(C(=O)c3ccc(Cl)cc3)CCO2)cc(OC)c1OC. The number of nitrogens with zero attached hydrogens (tertiary/aromatic N) is 2. The van der Waals surface area contributed by atoms with E-state index in [0.717, 1.165) is 0 Å². The van der Waals surface area contributed by atoms with Crippen LogP contribution in [0, 0.1) is 5.92 Å². The van der Waals surface area contributed by atoms with Crippen molar-refractivity contribution in [2.24, 2.45) is 5.92 Å². The monoisotopic (exact) mass is 504 g/mol. The molecule has 1 aliphatic rings. The molecule has 190 valence electrons. The van der Waals surface area contributed by atoms with E-state index in [0.29, 0.717) is 66.2 Å². The maximum atomic E-state index is 13.6. The van der Waals surface area contributed by atoms with Crippen LogP contribution in [0.2, 0.25) is 5.02 Å². The molecule has 2 amide bonds. The van der Waals surface area contributed by atoms with Crippen LogP contribution in [0.3, 0.4) is 0 Å². The number of methoxy groups -OCH3 is 3. The predicted octanol–water partition coefficient (Wildman–Crippen LogP) is 4.01. The van der Waals surface area contributed by atoms with Crippen molar-refractivity contribution in [1.29, 1.82) is 0 Å². The summed E-state index contributed by atoms with van der Waals surface area (Å²) in [6.45, 7) is 6.25. The highest BCUT2D eigenvalue weighted by Gasteiger charge is 2.29. The van der Waals surface area contributed by atoms with E-state index in [9.17, 15) is 9.59 Å². The second-order valence-corrected chi connectivity index (χ2v) is 9.21. The van der Waals surface area contributed by atoms with Crippen molar-refractivity contribution in [3.05, 3.63) is 52.5 Å². The fourth-order valence-corrected chi connectivity index (χ4v) is 4.23. The number of hydrogen-bond donors (Lipinski definition) is 0. The summed E-state index contributed by atoms with van der Waals surface area (Å²) in [5.74, 6) is 1.22. The first-order chi connectivity index (χ1) is 16.8. The highest BCUT2D eigenvalue weighted by Crippen LogP contribution is 2.38. The van der Waals surface area contributed by atoms with Gasteiger partial charge in [-0.25, -0.2) is 0 Å². The minimum atomic E-state index is -0.315. The third-order valence-corrected chi connectivity index (χ3v) is 5.98. The molecular formula is C26H33ClN2O6. The third kappa shape index (κ3) is 6.58. The first-order valence-electron chi connectivity index (χ1n) is 11.5. The molecule has 0 aromatic heterocycles. The van der Waals surface area contributed by atoms with Crippen LogP contribution in [-0.2, 0) is 4.74 Å². The Kier molecular flexibility index (Phi) is 9.23. The molecule has 0 radical (unpaired) electrons. The molecule has 0 unspecified atom stereocenters. The van der Waals surface area contributed by atoms with Crippen molar-refractivity contribution in [2.75, 3.05) is 54.1 Å². The zero-order chi connectivity index (χ0) is 25.5. The molecule has 1 aliphatic heterocycles. The quantitative estimate of drug-likeness (QED) is 0.513. The van der Waals surface area contributed by atoms with Gasteiger partial charge in [0.1, 0.15) is 0 Å².